The summed E-state index contributed by atoms with van der Waals surface area (Å²) in [6.45, 7) is 7.33. The van der Waals surface area contributed by atoms with Crippen LogP contribution in [0.5, 0.6) is 0 Å². The molecule has 1 saturated heterocycles. The van der Waals surface area contributed by atoms with Gasteiger partial charge in [-0.25, -0.2) is 13.2 Å². The summed E-state index contributed by atoms with van der Waals surface area (Å²) in [5.74, 6) is -2.01. The van der Waals surface area contributed by atoms with Gasteiger partial charge in [-0.15, -0.1) is 0 Å². The van der Waals surface area contributed by atoms with Gasteiger partial charge in [-0.2, -0.15) is 0 Å². The zero-order valence-electron chi connectivity index (χ0n) is 12.7. The van der Waals surface area contributed by atoms with E-state index in [1.165, 1.54) is 0 Å². The molecule has 4 atom stereocenters. The third kappa shape index (κ3) is 3.24. The van der Waals surface area contributed by atoms with E-state index in [9.17, 15) is 13.2 Å². The Labute approximate surface area is 124 Å². The van der Waals surface area contributed by atoms with Gasteiger partial charge in [-0.3, -0.25) is 4.90 Å². The quantitative estimate of drug-likeness (QED) is 0.866. The van der Waals surface area contributed by atoms with Crippen LogP contribution in [-0.2, 0) is 0 Å². The fourth-order valence-corrected chi connectivity index (χ4v) is 3.40. The summed E-state index contributed by atoms with van der Waals surface area (Å²) in [5, 5.41) is 0. The van der Waals surface area contributed by atoms with Crippen LogP contribution in [0, 0.1) is 29.3 Å². The Bertz CT molecular complexity index is 507. The Kier molecular flexibility index (Phi) is 4.94. The number of hydrogen-bond donors (Lipinski definition) is 1. The van der Waals surface area contributed by atoms with Crippen LogP contribution in [0.25, 0.3) is 0 Å². The van der Waals surface area contributed by atoms with Gasteiger partial charge < -0.3 is 5.73 Å². The van der Waals surface area contributed by atoms with Gasteiger partial charge in [0.1, 0.15) is 5.82 Å². The lowest BCUT2D eigenvalue weighted by atomic mass is 9.84. The summed E-state index contributed by atoms with van der Waals surface area (Å²) >= 11 is 0. The summed E-state index contributed by atoms with van der Waals surface area (Å²) in [7, 11) is 0. The van der Waals surface area contributed by atoms with Crippen molar-refractivity contribution in [2.45, 2.75) is 39.3 Å². The van der Waals surface area contributed by atoms with Crippen LogP contribution < -0.4 is 5.73 Å². The van der Waals surface area contributed by atoms with Crippen LogP contribution >= 0.6 is 0 Å². The van der Waals surface area contributed by atoms with Crippen LogP contribution in [0.2, 0.25) is 0 Å². The van der Waals surface area contributed by atoms with Crippen LogP contribution in [-0.4, -0.2) is 24.0 Å². The first-order valence-electron chi connectivity index (χ1n) is 7.45. The SMILES string of the molecule is CC1CC(C)C(C)N(C(CN)c2cc(F)c(F)cc2F)C1. The average molecular weight is 300 g/mol. The second kappa shape index (κ2) is 6.36. The molecule has 2 N–H and O–H groups in total. The van der Waals surface area contributed by atoms with Crippen molar-refractivity contribution in [1.82, 2.24) is 4.90 Å². The summed E-state index contributed by atoms with van der Waals surface area (Å²) in [6.07, 6.45) is 1.11. The maximum atomic E-state index is 14.1. The summed E-state index contributed by atoms with van der Waals surface area (Å²) in [5.41, 5.74) is 5.96. The molecule has 1 heterocycles. The highest BCUT2D eigenvalue weighted by Gasteiger charge is 2.34. The molecule has 1 aromatic rings. The zero-order chi connectivity index (χ0) is 15.7. The van der Waals surface area contributed by atoms with Crippen molar-refractivity contribution in [1.29, 1.82) is 0 Å². The largest absolute Gasteiger partial charge is 0.329 e. The van der Waals surface area contributed by atoms with Crippen molar-refractivity contribution in [2.75, 3.05) is 13.1 Å². The minimum absolute atomic E-state index is 0.143. The smallest absolute Gasteiger partial charge is 0.161 e. The lowest BCUT2D eigenvalue weighted by Crippen LogP contribution is -2.49. The Morgan fingerprint density at radius 2 is 1.76 bits per heavy atom. The number of likely N-dealkylation sites (tertiary alicyclic amines) is 1. The van der Waals surface area contributed by atoms with Gasteiger partial charge >= 0.3 is 0 Å². The van der Waals surface area contributed by atoms with Crippen LogP contribution in [0.3, 0.4) is 0 Å². The minimum atomic E-state index is -1.17. The fourth-order valence-electron chi connectivity index (χ4n) is 3.40. The van der Waals surface area contributed by atoms with Gasteiger partial charge in [0.05, 0.1) is 6.04 Å². The first-order valence-corrected chi connectivity index (χ1v) is 7.45. The highest BCUT2D eigenvalue weighted by atomic mass is 19.2. The van der Waals surface area contributed by atoms with E-state index in [2.05, 4.69) is 25.7 Å². The molecule has 0 saturated carbocycles. The summed E-state index contributed by atoms with van der Waals surface area (Å²) in [4.78, 5) is 2.12. The molecule has 0 bridgehead atoms. The molecule has 1 aromatic carbocycles. The minimum Gasteiger partial charge on any atom is -0.329 e. The fraction of sp³-hybridized carbons (Fsp3) is 0.625. The summed E-state index contributed by atoms with van der Waals surface area (Å²) < 4.78 is 40.6. The number of piperidine rings is 1. The van der Waals surface area contributed by atoms with E-state index in [4.69, 9.17) is 5.73 Å². The van der Waals surface area contributed by atoms with Crippen LogP contribution in [0.1, 0.15) is 38.8 Å². The van der Waals surface area contributed by atoms with E-state index in [-0.39, 0.29) is 18.2 Å². The molecule has 4 unspecified atom stereocenters. The monoisotopic (exact) mass is 300 g/mol. The molecule has 0 spiro atoms. The first kappa shape index (κ1) is 16.3. The molecule has 2 rings (SSSR count). The molecule has 0 aromatic heterocycles. The molecule has 118 valence electrons. The molecule has 0 amide bonds. The van der Waals surface area contributed by atoms with E-state index >= 15 is 0 Å². The second-order valence-corrected chi connectivity index (χ2v) is 6.29. The Hall–Kier alpha value is -1.07. The molecule has 1 aliphatic rings. The number of hydrogen-bond acceptors (Lipinski definition) is 2. The van der Waals surface area contributed by atoms with E-state index in [1.54, 1.807) is 0 Å². The van der Waals surface area contributed by atoms with E-state index in [1.807, 2.05) is 0 Å². The molecule has 2 nitrogen and oxygen atoms in total. The molecule has 0 aliphatic carbocycles. The normalized spacial score (nSPS) is 28.6. The third-order valence-electron chi connectivity index (χ3n) is 4.67. The predicted molar refractivity (Wildman–Crippen MR) is 77.2 cm³/mol. The molecule has 0 radical (unpaired) electrons. The molecule has 1 aliphatic heterocycles. The van der Waals surface area contributed by atoms with Gasteiger partial charge in [0.15, 0.2) is 11.6 Å². The van der Waals surface area contributed by atoms with Gasteiger partial charge in [0.25, 0.3) is 0 Å². The standard InChI is InChI=1S/C16H23F3N2/c1-9-4-10(2)11(3)21(8-9)16(7-20)12-5-14(18)15(19)6-13(12)17/h5-6,9-11,16H,4,7-8,20H2,1-3H3. The number of nitrogens with two attached hydrogens (primary N) is 1. The molecular weight excluding hydrogens is 277 g/mol. The average Bonchev–Trinajstić information content (AvgIpc) is 2.41. The van der Waals surface area contributed by atoms with Crippen molar-refractivity contribution in [3.05, 3.63) is 35.1 Å². The Morgan fingerprint density at radius 1 is 1.14 bits per heavy atom. The maximum Gasteiger partial charge on any atom is 0.161 e. The van der Waals surface area contributed by atoms with E-state index in [0.29, 0.717) is 17.9 Å². The number of benzene rings is 1. The van der Waals surface area contributed by atoms with Gasteiger partial charge in [0, 0.05) is 30.8 Å². The van der Waals surface area contributed by atoms with Gasteiger partial charge in [0.2, 0.25) is 0 Å². The topological polar surface area (TPSA) is 29.3 Å². The highest BCUT2D eigenvalue weighted by molar-refractivity contribution is 5.24. The second-order valence-electron chi connectivity index (χ2n) is 6.29. The van der Waals surface area contributed by atoms with Crippen molar-refractivity contribution >= 4 is 0 Å². The Morgan fingerprint density at radius 3 is 2.38 bits per heavy atom. The lowest BCUT2D eigenvalue weighted by molar-refractivity contribution is 0.0410. The predicted octanol–water partition coefficient (Wildman–Crippen LogP) is 3.47. The Balaban J connectivity index is 2.37. The lowest BCUT2D eigenvalue weighted by Gasteiger charge is -2.45. The molecular formula is C16H23F3N2. The van der Waals surface area contributed by atoms with Crippen LogP contribution in [0.4, 0.5) is 13.2 Å². The van der Waals surface area contributed by atoms with Gasteiger partial charge in [-0.05, 0) is 31.2 Å². The maximum absolute atomic E-state index is 14.1. The van der Waals surface area contributed by atoms with Crippen molar-refractivity contribution in [3.8, 4) is 0 Å². The number of nitrogens with zero attached hydrogens (tertiary/aromatic N) is 1. The zero-order valence-corrected chi connectivity index (χ0v) is 12.7. The van der Waals surface area contributed by atoms with E-state index in [0.717, 1.165) is 19.0 Å². The molecule has 1 fully saturated rings. The summed E-state index contributed by atoms with van der Waals surface area (Å²) in [6, 6.07) is 1.34. The first-order chi connectivity index (χ1) is 9.85. The molecule has 5 heteroatoms. The highest BCUT2D eigenvalue weighted by Crippen LogP contribution is 2.34. The number of rotatable bonds is 3. The van der Waals surface area contributed by atoms with Crippen molar-refractivity contribution in [2.24, 2.45) is 17.6 Å². The van der Waals surface area contributed by atoms with Gasteiger partial charge in [-0.1, -0.05) is 13.8 Å². The third-order valence-corrected chi connectivity index (χ3v) is 4.67. The van der Waals surface area contributed by atoms with Crippen LogP contribution in [0.15, 0.2) is 12.1 Å². The van der Waals surface area contributed by atoms with Crippen molar-refractivity contribution < 1.29 is 13.2 Å². The van der Waals surface area contributed by atoms with Crippen molar-refractivity contribution in [3.63, 3.8) is 0 Å². The number of halogens is 3. The van der Waals surface area contributed by atoms with E-state index < -0.39 is 23.5 Å². The molecule has 21 heavy (non-hydrogen) atoms.